The summed E-state index contributed by atoms with van der Waals surface area (Å²) < 4.78 is 91.3. The molecule has 0 aliphatic rings. The van der Waals surface area contributed by atoms with Crippen LogP contribution < -0.4 is 4.74 Å². The van der Waals surface area contributed by atoms with Gasteiger partial charge in [0.1, 0.15) is 5.75 Å². The number of alkyl halides is 6. The summed E-state index contributed by atoms with van der Waals surface area (Å²) in [4.78, 5) is 11.9. The van der Waals surface area contributed by atoms with Crippen molar-refractivity contribution in [2.24, 2.45) is 0 Å². The Bertz CT molecular complexity index is 1740. The first-order valence-corrected chi connectivity index (χ1v) is 14.1. The van der Waals surface area contributed by atoms with E-state index in [0.717, 1.165) is 24.3 Å². The van der Waals surface area contributed by atoms with Gasteiger partial charge in [0.15, 0.2) is 13.6 Å². The molecule has 5 nitrogen and oxygen atoms in total. The molecule has 2 N–H and O–H groups in total. The van der Waals surface area contributed by atoms with E-state index in [2.05, 4.69) is 4.74 Å². The van der Waals surface area contributed by atoms with Gasteiger partial charge in [-0.15, -0.1) is 0 Å². The minimum absolute atomic E-state index is 0.219. The zero-order valence-electron chi connectivity index (χ0n) is 24.3. The standard InChI is InChI=1S/C36H26F6O5/c37-35(38,39)30-13-9-27(10-14-30)34(29-17-19-32(20-18-29)46-21-43,28-11-15-31(16-12-28)36(40,41)42)26-7-5-24(6-8-26)23-1-3-25(4-2-23)33(45)47-22-44/h1-20,43-44H,21-22H2. The molecule has 0 radical (unpaired) electrons. The highest BCUT2D eigenvalue weighted by Crippen LogP contribution is 2.47. The molecule has 0 bridgehead atoms. The van der Waals surface area contributed by atoms with Crippen LogP contribution in [0.4, 0.5) is 26.3 Å². The van der Waals surface area contributed by atoms with Gasteiger partial charge in [-0.2, -0.15) is 26.3 Å². The van der Waals surface area contributed by atoms with E-state index in [1.807, 2.05) is 0 Å². The second-order valence-electron chi connectivity index (χ2n) is 10.4. The van der Waals surface area contributed by atoms with Crippen molar-refractivity contribution in [3.63, 3.8) is 0 Å². The van der Waals surface area contributed by atoms with Crippen molar-refractivity contribution < 1.29 is 50.8 Å². The largest absolute Gasteiger partial charge is 0.468 e. The normalized spacial score (nSPS) is 12.1. The highest BCUT2D eigenvalue weighted by molar-refractivity contribution is 5.90. The lowest BCUT2D eigenvalue weighted by atomic mass is 9.65. The monoisotopic (exact) mass is 652 g/mol. The van der Waals surface area contributed by atoms with Gasteiger partial charge in [0.05, 0.1) is 22.1 Å². The first kappa shape index (κ1) is 33.2. The summed E-state index contributed by atoms with van der Waals surface area (Å²) in [6, 6.07) is 28.6. The van der Waals surface area contributed by atoms with Crippen LogP contribution in [0.3, 0.4) is 0 Å². The van der Waals surface area contributed by atoms with Gasteiger partial charge in [-0.25, -0.2) is 4.79 Å². The Labute approximate surface area is 265 Å². The summed E-state index contributed by atoms with van der Waals surface area (Å²) in [5.74, 6) is -0.408. The molecule has 0 fully saturated rings. The van der Waals surface area contributed by atoms with Gasteiger partial charge >= 0.3 is 18.3 Å². The van der Waals surface area contributed by atoms with Gasteiger partial charge in [-0.3, -0.25) is 0 Å². The average molecular weight is 653 g/mol. The van der Waals surface area contributed by atoms with Gasteiger partial charge in [0.2, 0.25) is 0 Å². The lowest BCUT2D eigenvalue weighted by Crippen LogP contribution is -2.31. The molecule has 5 rings (SSSR count). The van der Waals surface area contributed by atoms with Crippen molar-refractivity contribution in [1.82, 2.24) is 0 Å². The van der Waals surface area contributed by atoms with Crippen molar-refractivity contribution in [3.8, 4) is 16.9 Å². The average Bonchev–Trinajstić information content (AvgIpc) is 3.06. The van der Waals surface area contributed by atoms with Gasteiger partial charge in [0.25, 0.3) is 0 Å². The quantitative estimate of drug-likeness (QED) is 0.0727. The van der Waals surface area contributed by atoms with Crippen LogP contribution >= 0.6 is 0 Å². The van der Waals surface area contributed by atoms with E-state index in [4.69, 9.17) is 9.84 Å². The third-order valence-electron chi connectivity index (χ3n) is 7.78. The van der Waals surface area contributed by atoms with Crippen molar-refractivity contribution in [2.45, 2.75) is 17.8 Å². The number of carbonyl (C=O) groups excluding carboxylic acids is 1. The summed E-state index contributed by atoms with van der Waals surface area (Å²) >= 11 is 0. The van der Waals surface area contributed by atoms with Crippen LogP contribution in [-0.4, -0.2) is 29.8 Å². The second-order valence-corrected chi connectivity index (χ2v) is 10.4. The van der Waals surface area contributed by atoms with E-state index in [-0.39, 0.29) is 5.56 Å². The summed E-state index contributed by atoms with van der Waals surface area (Å²) in [6.07, 6.45) is -9.24. The molecular weight excluding hydrogens is 626 g/mol. The molecule has 5 aromatic carbocycles. The van der Waals surface area contributed by atoms with Crippen molar-refractivity contribution in [3.05, 3.63) is 160 Å². The maximum absolute atomic E-state index is 13.6. The van der Waals surface area contributed by atoms with Crippen molar-refractivity contribution in [1.29, 1.82) is 0 Å². The lowest BCUT2D eigenvalue weighted by molar-refractivity contribution is -0.138. The third-order valence-corrected chi connectivity index (χ3v) is 7.78. The zero-order valence-corrected chi connectivity index (χ0v) is 24.3. The van der Waals surface area contributed by atoms with Crippen LogP contribution in [-0.2, 0) is 22.5 Å². The highest BCUT2D eigenvalue weighted by atomic mass is 19.4. The Morgan fingerprint density at radius 1 is 0.489 bits per heavy atom. The van der Waals surface area contributed by atoms with Crippen LogP contribution in [0, 0.1) is 0 Å². The molecule has 47 heavy (non-hydrogen) atoms. The Kier molecular flexibility index (Phi) is 9.41. The minimum atomic E-state index is -4.62. The van der Waals surface area contributed by atoms with E-state index in [0.29, 0.717) is 39.1 Å². The topological polar surface area (TPSA) is 76.0 Å². The lowest BCUT2D eigenvalue weighted by Gasteiger charge is -2.37. The molecule has 5 aromatic rings. The number of hydrogen-bond donors (Lipinski definition) is 2. The molecule has 0 saturated carbocycles. The van der Waals surface area contributed by atoms with E-state index in [1.165, 1.54) is 36.4 Å². The first-order valence-electron chi connectivity index (χ1n) is 14.1. The Morgan fingerprint density at radius 3 is 1.19 bits per heavy atom. The minimum Gasteiger partial charge on any atom is -0.468 e. The third kappa shape index (κ3) is 6.86. The van der Waals surface area contributed by atoms with Gasteiger partial charge < -0.3 is 19.7 Å². The number of benzene rings is 5. The maximum atomic E-state index is 13.6. The fourth-order valence-corrected chi connectivity index (χ4v) is 5.55. The van der Waals surface area contributed by atoms with Crippen LogP contribution in [0.1, 0.15) is 43.7 Å². The van der Waals surface area contributed by atoms with Crippen LogP contribution in [0.15, 0.2) is 121 Å². The summed E-state index contributed by atoms with van der Waals surface area (Å²) in [6.45, 7) is -1.37. The Hall–Kier alpha value is -5.13. The molecule has 11 heteroatoms. The van der Waals surface area contributed by atoms with E-state index < -0.39 is 48.4 Å². The number of aliphatic hydroxyl groups excluding tert-OH is 2. The molecule has 0 atom stereocenters. The summed E-state index contributed by atoms with van der Waals surface area (Å²) in [7, 11) is 0. The smallest absolute Gasteiger partial charge is 0.416 e. The van der Waals surface area contributed by atoms with E-state index >= 15 is 0 Å². The van der Waals surface area contributed by atoms with Crippen molar-refractivity contribution >= 4 is 5.97 Å². The summed E-state index contributed by atoms with van der Waals surface area (Å²) in [5.41, 5.74) is 0.155. The van der Waals surface area contributed by atoms with E-state index in [9.17, 15) is 36.2 Å². The molecule has 0 spiro atoms. The van der Waals surface area contributed by atoms with Crippen LogP contribution in [0.5, 0.6) is 5.75 Å². The Morgan fingerprint density at radius 2 is 0.830 bits per heavy atom. The van der Waals surface area contributed by atoms with Gasteiger partial charge in [0, 0.05) is 0 Å². The molecule has 0 saturated heterocycles. The predicted molar refractivity (Wildman–Crippen MR) is 160 cm³/mol. The number of rotatable bonds is 9. The van der Waals surface area contributed by atoms with Gasteiger partial charge in [-0.05, 0) is 81.9 Å². The second kappa shape index (κ2) is 13.3. The van der Waals surface area contributed by atoms with Crippen LogP contribution in [0.2, 0.25) is 0 Å². The van der Waals surface area contributed by atoms with Crippen LogP contribution in [0.25, 0.3) is 11.1 Å². The number of esters is 1. The highest BCUT2D eigenvalue weighted by Gasteiger charge is 2.40. The number of halogens is 6. The maximum Gasteiger partial charge on any atom is 0.416 e. The summed E-state index contributed by atoms with van der Waals surface area (Å²) in [5, 5.41) is 18.1. The van der Waals surface area contributed by atoms with E-state index in [1.54, 1.807) is 60.7 Å². The number of aliphatic hydroxyl groups is 2. The van der Waals surface area contributed by atoms with Crippen molar-refractivity contribution in [2.75, 3.05) is 13.6 Å². The van der Waals surface area contributed by atoms with Gasteiger partial charge in [-0.1, -0.05) is 72.8 Å². The number of carbonyl (C=O) groups is 1. The molecule has 242 valence electrons. The fourth-order valence-electron chi connectivity index (χ4n) is 5.55. The Balaban J connectivity index is 1.72. The molecule has 0 heterocycles. The molecular formula is C36H26F6O5. The first-order chi connectivity index (χ1) is 22.4. The fraction of sp³-hybridized carbons (Fsp3) is 0.139. The zero-order chi connectivity index (χ0) is 33.8. The number of hydrogen-bond acceptors (Lipinski definition) is 5. The SMILES string of the molecule is O=C(OCO)c1ccc(-c2ccc(C(c3ccc(OCO)cc3)(c3ccc(C(F)(F)F)cc3)c3ccc(C(F)(F)F)cc3)cc2)cc1. The number of ether oxygens (including phenoxy) is 2. The molecule has 0 unspecified atom stereocenters. The molecule has 0 aliphatic heterocycles. The molecule has 0 aromatic heterocycles. The molecule has 0 aliphatic carbocycles. The predicted octanol–water partition coefficient (Wildman–Crippen LogP) is 8.21. The molecule has 0 amide bonds.